The van der Waals surface area contributed by atoms with Gasteiger partial charge in [-0.2, -0.15) is 0 Å². The number of hydrogen-bond donors (Lipinski definition) is 1. The van der Waals surface area contributed by atoms with E-state index in [9.17, 15) is 9.59 Å². The number of para-hydroxylation sites is 2. The van der Waals surface area contributed by atoms with Crippen LogP contribution in [0.15, 0.2) is 48.5 Å². The van der Waals surface area contributed by atoms with Gasteiger partial charge in [-0.3, -0.25) is 9.59 Å². The molecule has 0 saturated heterocycles. The normalized spacial score (nSPS) is 21.1. The Kier molecular flexibility index (Phi) is 5.12. The van der Waals surface area contributed by atoms with Gasteiger partial charge in [0.1, 0.15) is 11.3 Å². The molecule has 7 heteroatoms. The number of aromatic nitrogens is 2. The topological polar surface area (TPSA) is 76.5 Å². The molecule has 0 spiro atoms. The summed E-state index contributed by atoms with van der Waals surface area (Å²) >= 11 is 0. The Hall–Kier alpha value is -3.35. The summed E-state index contributed by atoms with van der Waals surface area (Å²) in [5.41, 5.74) is 1.54. The van der Waals surface area contributed by atoms with Gasteiger partial charge in [0, 0.05) is 12.6 Å². The van der Waals surface area contributed by atoms with Crippen molar-refractivity contribution in [3.05, 3.63) is 59.9 Å². The maximum atomic E-state index is 13.7. The molecular formula is C25H28N4O3. The van der Waals surface area contributed by atoms with Crippen molar-refractivity contribution in [2.75, 3.05) is 7.11 Å². The van der Waals surface area contributed by atoms with Crippen LogP contribution >= 0.6 is 0 Å². The second kappa shape index (κ2) is 7.97. The molecule has 1 aromatic heterocycles. The molecular weight excluding hydrogens is 404 g/mol. The van der Waals surface area contributed by atoms with E-state index in [-0.39, 0.29) is 17.9 Å². The van der Waals surface area contributed by atoms with E-state index in [4.69, 9.17) is 4.74 Å². The number of hydrogen-bond acceptors (Lipinski definition) is 4. The standard InChI is InChI=1S/C25H28N4O3/c1-25(24(31)26-18-7-3-4-8-18)16-28-21-10-6-5-9-20(21)27-22(28)23(30)29(25)15-17-11-13-19(32-2)14-12-17/h5-6,9-14,18H,3-4,7-8,15-16H2,1-2H3,(H,26,31)/t25-/m0/s1. The van der Waals surface area contributed by atoms with Crippen molar-refractivity contribution >= 4 is 22.8 Å². The minimum absolute atomic E-state index is 0.102. The van der Waals surface area contributed by atoms with Gasteiger partial charge in [-0.1, -0.05) is 37.1 Å². The Morgan fingerprint density at radius 2 is 1.88 bits per heavy atom. The molecule has 1 fully saturated rings. The number of methoxy groups -OCH3 is 1. The number of imidazole rings is 1. The van der Waals surface area contributed by atoms with Gasteiger partial charge in [-0.05, 0) is 49.6 Å². The summed E-state index contributed by atoms with van der Waals surface area (Å²) in [6.07, 6.45) is 4.25. The first kappa shape index (κ1) is 20.5. The number of carbonyl (C=O) groups excluding carboxylic acids is 2. The molecule has 166 valence electrons. The predicted octanol–water partition coefficient (Wildman–Crippen LogP) is 3.52. The van der Waals surface area contributed by atoms with Crippen molar-refractivity contribution in [1.82, 2.24) is 19.8 Å². The molecule has 1 saturated carbocycles. The number of amides is 2. The second-order valence-corrected chi connectivity index (χ2v) is 8.98. The number of nitrogens with zero attached hydrogens (tertiary/aromatic N) is 3. The lowest BCUT2D eigenvalue weighted by Gasteiger charge is -2.44. The van der Waals surface area contributed by atoms with Gasteiger partial charge in [0.25, 0.3) is 5.91 Å². The molecule has 1 atom stereocenters. The van der Waals surface area contributed by atoms with Gasteiger partial charge in [0.2, 0.25) is 5.91 Å². The van der Waals surface area contributed by atoms with Crippen LogP contribution in [0.5, 0.6) is 5.75 Å². The molecule has 1 aliphatic carbocycles. The third kappa shape index (κ3) is 3.42. The first-order chi connectivity index (χ1) is 15.5. The Morgan fingerprint density at radius 1 is 1.16 bits per heavy atom. The zero-order valence-electron chi connectivity index (χ0n) is 18.5. The Morgan fingerprint density at radius 3 is 2.59 bits per heavy atom. The third-order valence-corrected chi connectivity index (χ3v) is 6.83. The summed E-state index contributed by atoms with van der Waals surface area (Å²) < 4.78 is 7.16. The number of carbonyl (C=O) groups is 2. The van der Waals surface area contributed by atoms with Gasteiger partial charge in [-0.15, -0.1) is 0 Å². The average molecular weight is 433 g/mol. The van der Waals surface area contributed by atoms with Crippen LogP contribution in [0.2, 0.25) is 0 Å². The summed E-state index contributed by atoms with van der Waals surface area (Å²) in [4.78, 5) is 33.6. The Balaban J connectivity index is 1.54. The predicted molar refractivity (Wildman–Crippen MR) is 121 cm³/mol. The molecule has 2 aliphatic rings. The highest BCUT2D eigenvalue weighted by Gasteiger charge is 2.48. The number of rotatable bonds is 5. The highest BCUT2D eigenvalue weighted by Crippen LogP contribution is 2.32. The molecule has 2 heterocycles. The lowest BCUT2D eigenvalue weighted by atomic mass is 9.93. The van der Waals surface area contributed by atoms with Gasteiger partial charge < -0.3 is 19.5 Å². The van der Waals surface area contributed by atoms with Crippen molar-refractivity contribution in [3.63, 3.8) is 0 Å². The molecule has 0 unspecified atom stereocenters. The number of fused-ring (bicyclic) bond motifs is 3. The number of ether oxygens (including phenoxy) is 1. The molecule has 7 nitrogen and oxygen atoms in total. The first-order valence-corrected chi connectivity index (χ1v) is 11.2. The summed E-state index contributed by atoms with van der Waals surface area (Å²) in [5.74, 6) is 0.801. The van der Waals surface area contributed by atoms with Gasteiger partial charge in [-0.25, -0.2) is 4.98 Å². The molecule has 1 N–H and O–H groups in total. The molecule has 1 aliphatic heterocycles. The van der Waals surface area contributed by atoms with Crippen LogP contribution in [0.1, 0.15) is 48.8 Å². The fourth-order valence-corrected chi connectivity index (χ4v) is 4.90. The largest absolute Gasteiger partial charge is 0.497 e. The monoisotopic (exact) mass is 432 g/mol. The van der Waals surface area contributed by atoms with Crippen LogP contribution in [0.4, 0.5) is 0 Å². The smallest absolute Gasteiger partial charge is 0.291 e. The fraction of sp³-hybridized carbons (Fsp3) is 0.400. The van der Waals surface area contributed by atoms with E-state index < -0.39 is 5.54 Å². The van der Waals surface area contributed by atoms with E-state index in [2.05, 4.69) is 10.3 Å². The van der Waals surface area contributed by atoms with E-state index in [0.29, 0.717) is 18.9 Å². The van der Waals surface area contributed by atoms with Crippen molar-refractivity contribution in [2.45, 2.75) is 57.3 Å². The second-order valence-electron chi connectivity index (χ2n) is 8.98. The average Bonchev–Trinajstić information content (AvgIpc) is 3.45. The van der Waals surface area contributed by atoms with Crippen LogP contribution in [0, 0.1) is 0 Å². The zero-order chi connectivity index (χ0) is 22.3. The van der Waals surface area contributed by atoms with Crippen LogP contribution in [-0.2, 0) is 17.9 Å². The summed E-state index contributed by atoms with van der Waals surface area (Å²) in [6.45, 7) is 2.56. The van der Waals surface area contributed by atoms with E-state index in [1.807, 2.05) is 60.0 Å². The SMILES string of the molecule is COc1ccc(CN2C(=O)c3nc4ccccc4n3C[C@@]2(C)C(=O)NC2CCCC2)cc1. The van der Waals surface area contributed by atoms with Crippen LogP contribution < -0.4 is 10.1 Å². The van der Waals surface area contributed by atoms with Gasteiger partial charge in [0.05, 0.1) is 24.7 Å². The van der Waals surface area contributed by atoms with Crippen LogP contribution in [0.3, 0.4) is 0 Å². The molecule has 0 radical (unpaired) electrons. The lowest BCUT2D eigenvalue weighted by Crippen LogP contribution is -2.64. The summed E-state index contributed by atoms with van der Waals surface area (Å²) in [5, 5.41) is 3.23. The van der Waals surface area contributed by atoms with E-state index in [0.717, 1.165) is 48.0 Å². The van der Waals surface area contributed by atoms with Crippen molar-refractivity contribution in [3.8, 4) is 5.75 Å². The summed E-state index contributed by atoms with van der Waals surface area (Å²) in [7, 11) is 1.62. The van der Waals surface area contributed by atoms with E-state index >= 15 is 0 Å². The van der Waals surface area contributed by atoms with Gasteiger partial charge >= 0.3 is 0 Å². The van der Waals surface area contributed by atoms with Crippen molar-refractivity contribution in [1.29, 1.82) is 0 Å². The zero-order valence-corrected chi connectivity index (χ0v) is 18.5. The quantitative estimate of drug-likeness (QED) is 0.669. The van der Waals surface area contributed by atoms with E-state index in [1.165, 1.54) is 0 Å². The Labute approximate surface area is 187 Å². The van der Waals surface area contributed by atoms with Crippen LogP contribution in [0.25, 0.3) is 11.0 Å². The lowest BCUT2D eigenvalue weighted by molar-refractivity contribution is -0.133. The summed E-state index contributed by atoms with van der Waals surface area (Å²) in [6, 6.07) is 15.5. The maximum absolute atomic E-state index is 13.7. The van der Waals surface area contributed by atoms with Crippen molar-refractivity contribution in [2.24, 2.45) is 0 Å². The first-order valence-electron chi connectivity index (χ1n) is 11.2. The molecule has 2 amide bonds. The fourth-order valence-electron chi connectivity index (χ4n) is 4.90. The molecule has 2 aromatic carbocycles. The van der Waals surface area contributed by atoms with Crippen molar-refractivity contribution < 1.29 is 14.3 Å². The molecule has 3 aromatic rings. The molecule has 5 rings (SSSR count). The molecule has 0 bridgehead atoms. The molecule has 32 heavy (non-hydrogen) atoms. The number of benzene rings is 2. The number of nitrogens with one attached hydrogen (secondary N) is 1. The highest BCUT2D eigenvalue weighted by molar-refractivity contribution is 6.01. The maximum Gasteiger partial charge on any atom is 0.291 e. The minimum Gasteiger partial charge on any atom is -0.497 e. The van der Waals surface area contributed by atoms with Gasteiger partial charge in [0.15, 0.2) is 5.82 Å². The Bertz CT molecular complexity index is 1160. The highest BCUT2D eigenvalue weighted by atomic mass is 16.5. The van der Waals surface area contributed by atoms with Crippen LogP contribution in [-0.4, -0.2) is 45.0 Å². The third-order valence-electron chi connectivity index (χ3n) is 6.83. The minimum atomic E-state index is -1.03. The van der Waals surface area contributed by atoms with E-state index in [1.54, 1.807) is 12.0 Å².